The van der Waals surface area contributed by atoms with Crippen molar-refractivity contribution >= 4 is 17.4 Å². The van der Waals surface area contributed by atoms with Gasteiger partial charge in [-0.25, -0.2) is 0 Å². The Morgan fingerprint density at radius 3 is 2.88 bits per heavy atom. The molecule has 0 bridgehead atoms. The van der Waals surface area contributed by atoms with Crippen LogP contribution in [0.3, 0.4) is 0 Å². The number of hydrazone groups is 1. The summed E-state index contributed by atoms with van der Waals surface area (Å²) in [4.78, 5) is 0. The molecular formula is C11H14ClN3O. The summed E-state index contributed by atoms with van der Waals surface area (Å²) in [6, 6.07) is 5.19. The zero-order valence-corrected chi connectivity index (χ0v) is 9.95. The molecule has 1 aromatic carbocycles. The maximum Gasteiger partial charge on any atom is 0.151 e. The quantitative estimate of drug-likeness (QED) is 0.481. The predicted molar refractivity (Wildman–Crippen MR) is 66.7 cm³/mol. The molecule has 0 fully saturated rings. The van der Waals surface area contributed by atoms with Crippen LogP contribution in [-0.4, -0.2) is 12.9 Å². The van der Waals surface area contributed by atoms with Gasteiger partial charge in [-0.3, -0.25) is 5.43 Å². The van der Waals surface area contributed by atoms with E-state index in [0.29, 0.717) is 22.2 Å². The van der Waals surface area contributed by atoms with Crippen LogP contribution in [0.1, 0.15) is 12.5 Å². The Morgan fingerprint density at radius 1 is 1.50 bits per heavy atom. The number of halogens is 1. The number of rotatable bonds is 4. The van der Waals surface area contributed by atoms with E-state index in [1.165, 1.54) is 0 Å². The lowest BCUT2D eigenvalue weighted by Gasteiger charge is -2.05. The van der Waals surface area contributed by atoms with Crippen molar-refractivity contribution in [2.24, 2.45) is 10.8 Å². The smallest absolute Gasteiger partial charge is 0.151 e. The molecule has 0 spiro atoms. The van der Waals surface area contributed by atoms with Gasteiger partial charge in [0, 0.05) is 16.8 Å². The van der Waals surface area contributed by atoms with Crippen LogP contribution >= 0.6 is 11.6 Å². The molecule has 86 valence electrons. The van der Waals surface area contributed by atoms with Gasteiger partial charge in [-0.2, -0.15) is 5.10 Å². The number of benzene rings is 1. The zero-order valence-electron chi connectivity index (χ0n) is 9.20. The van der Waals surface area contributed by atoms with Crippen molar-refractivity contribution in [3.63, 3.8) is 0 Å². The number of nitrogens with two attached hydrogens (primary N) is 1. The topological polar surface area (TPSA) is 59.6 Å². The highest BCUT2D eigenvalue weighted by Gasteiger charge is 2.03. The second kappa shape index (κ2) is 6.02. The van der Waals surface area contributed by atoms with Crippen molar-refractivity contribution in [1.29, 1.82) is 0 Å². The molecule has 0 heterocycles. The minimum absolute atomic E-state index is 0.346. The minimum Gasteiger partial charge on any atom is -0.497 e. The van der Waals surface area contributed by atoms with E-state index in [0.717, 1.165) is 0 Å². The maximum atomic E-state index is 5.91. The van der Waals surface area contributed by atoms with Crippen LogP contribution in [-0.2, 0) is 0 Å². The van der Waals surface area contributed by atoms with Gasteiger partial charge in [0.25, 0.3) is 0 Å². The van der Waals surface area contributed by atoms with Crippen LogP contribution in [0.15, 0.2) is 35.6 Å². The van der Waals surface area contributed by atoms with E-state index in [1.807, 2.05) is 13.0 Å². The summed E-state index contributed by atoms with van der Waals surface area (Å²) in [5.74, 6) is 0.991. The fourth-order valence-corrected chi connectivity index (χ4v) is 1.30. The monoisotopic (exact) mass is 239 g/mol. The Balaban J connectivity index is 2.94. The Bertz CT molecular complexity index is 416. The molecule has 16 heavy (non-hydrogen) atoms. The van der Waals surface area contributed by atoms with Crippen LogP contribution < -0.4 is 15.9 Å². The SMILES string of the molecule is C/C=C\N/N=C(\N)c1cc(Cl)cc(OC)c1. The van der Waals surface area contributed by atoms with Gasteiger partial charge in [0.2, 0.25) is 0 Å². The lowest BCUT2D eigenvalue weighted by Crippen LogP contribution is -2.16. The summed E-state index contributed by atoms with van der Waals surface area (Å²) in [5.41, 5.74) is 9.17. The summed E-state index contributed by atoms with van der Waals surface area (Å²) in [7, 11) is 1.57. The first-order chi connectivity index (χ1) is 7.67. The van der Waals surface area contributed by atoms with Crippen LogP contribution in [0.2, 0.25) is 5.02 Å². The Morgan fingerprint density at radius 2 is 2.25 bits per heavy atom. The zero-order chi connectivity index (χ0) is 12.0. The number of ether oxygens (including phenoxy) is 1. The molecule has 0 saturated carbocycles. The molecule has 5 heteroatoms. The molecule has 0 aliphatic heterocycles. The van der Waals surface area contributed by atoms with Gasteiger partial charge in [-0.1, -0.05) is 17.7 Å². The first kappa shape index (κ1) is 12.4. The van der Waals surface area contributed by atoms with Crippen LogP contribution in [0.4, 0.5) is 0 Å². The van der Waals surface area contributed by atoms with E-state index in [1.54, 1.807) is 31.5 Å². The van der Waals surface area contributed by atoms with Gasteiger partial charge < -0.3 is 10.5 Å². The minimum atomic E-state index is 0.346. The number of nitrogens with zero attached hydrogens (tertiary/aromatic N) is 1. The Hall–Kier alpha value is -1.68. The van der Waals surface area contributed by atoms with E-state index in [9.17, 15) is 0 Å². The first-order valence-corrected chi connectivity index (χ1v) is 5.10. The number of amidine groups is 1. The lowest BCUT2D eigenvalue weighted by molar-refractivity contribution is 0.414. The number of nitrogens with one attached hydrogen (secondary N) is 1. The van der Waals surface area contributed by atoms with Gasteiger partial charge in [-0.05, 0) is 25.1 Å². The molecule has 0 aliphatic rings. The average Bonchev–Trinajstić information content (AvgIpc) is 2.28. The molecule has 0 amide bonds. The van der Waals surface area contributed by atoms with Crippen molar-refractivity contribution in [3.8, 4) is 5.75 Å². The highest BCUT2D eigenvalue weighted by atomic mass is 35.5. The first-order valence-electron chi connectivity index (χ1n) is 4.72. The average molecular weight is 240 g/mol. The molecule has 0 aromatic heterocycles. The largest absolute Gasteiger partial charge is 0.497 e. The van der Waals surface area contributed by atoms with Crippen LogP contribution in [0, 0.1) is 0 Å². The second-order valence-corrected chi connectivity index (χ2v) is 3.44. The fourth-order valence-electron chi connectivity index (χ4n) is 1.07. The van der Waals surface area contributed by atoms with Crippen molar-refractivity contribution in [3.05, 3.63) is 41.1 Å². The number of hydrogen-bond acceptors (Lipinski definition) is 3. The third-order valence-electron chi connectivity index (χ3n) is 1.83. The van der Waals surface area contributed by atoms with Gasteiger partial charge in [0.1, 0.15) is 5.75 Å². The molecule has 0 aliphatic carbocycles. The number of hydrogen-bond donors (Lipinski definition) is 2. The lowest BCUT2D eigenvalue weighted by atomic mass is 10.2. The fraction of sp³-hybridized carbons (Fsp3) is 0.182. The van der Waals surface area contributed by atoms with Crippen molar-refractivity contribution in [1.82, 2.24) is 5.43 Å². The molecule has 1 aromatic rings. The molecular weight excluding hydrogens is 226 g/mol. The standard InChI is InChI=1S/C11H14ClN3O/c1-3-4-14-15-11(13)8-5-9(12)7-10(6-8)16-2/h3-7,14H,1-2H3,(H2,13,15)/b4-3-. The molecule has 0 atom stereocenters. The number of allylic oxidation sites excluding steroid dienone is 1. The van der Waals surface area contributed by atoms with Gasteiger partial charge in [0.05, 0.1) is 7.11 Å². The highest BCUT2D eigenvalue weighted by molar-refractivity contribution is 6.31. The Kier molecular flexibility index (Phi) is 4.66. The van der Waals surface area contributed by atoms with Crippen LogP contribution in [0.25, 0.3) is 0 Å². The van der Waals surface area contributed by atoms with Crippen molar-refractivity contribution in [2.45, 2.75) is 6.92 Å². The summed E-state index contributed by atoms with van der Waals surface area (Å²) in [6.45, 7) is 1.88. The normalized spacial score (nSPS) is 11.8. The number of methoxy groups -OCH3 is 1. The summed E-state index contributed by atoms with van der Waals surface area (Å²) >= 11 is 5.91. The van der Waals surface area contributed by atoms with Gasteiger partial charge in [-0.15, -0.1) is 0 Å². The van der Waals surface area contributed by atoms with Crippen molar-refractivity contribution in [2.75, 3.05) is 7.11 Å². The summed E-state index contributed by atoms with van der Waals surface area (Å²) < 4.78 is 5.08. The third-order valence-corrected chi connectivity index (χ3v) is 2.05. The molecule has 3 N–H and O–H groups in total. The summed E-state index contributed by atoms with van der Waals surface area (Å²) in [5, 5.41) is 4.50. The molecule has 0 saturated heterocycles. The predicted octanol–water partition coefficient (Wildman–Crippen LogP) is 2.09. The summed E-state index contributed by atoms with van der Waals surface area (Å²) in [6.07, 6.45) is 3.49. The van der Waals surface area contributed by atoms with Gasteiger partial charge in [0.15, 0.2) is 5.84 Å². The van der Waals surface area contributed by atoms with E-state index in [2.05, 4.69) is 10.5 Å². The van der Waals surface area contributed by atoms with Crippen molar-refractivity contribution < 1.29 is 4.74 Å². The maximum absolute atomic E-state index is 5.91. The molecule has 1 rings (SSSR count). The third kappa shape index (κ3) is 3.47. The highest BCUT2D eigenvalue weighted by Crippen LogP contribution is 2.20. The van der Waals surface area contributed by atoms with E-state index in [-0.39, 0.29) is 0 Å². The van der Waals surface area contributed by atoms with E-state index >= 15 is 0 Å². The second-order valence-electron chi connectivity index (χ2n) is 3.01. The molecule has 4 nitrogen and oxygen atoms in total. The van der Waals surface area contributed by atoms with E-state index < -0.39 is 0 Å². The van der Waals surface area contributed by atoms with E-state index in [4.69, 9.17) is 22.1 Å². The Labute approximate surface area is 99.7 Å². The molecule has 0 unspecified atom stereocenters. The van der Waals surface area contributed by atoms with Crippen LogP contribution in [0.5, 0.6) is 5.75 Å². The van der Waals surface area contributed by atoms with Gasteiger partial charge >= 0.3 is 0 Å². The molecule has 0 radical (unpaired) electrons.